The number of aliphatic imine (C=N–C) groups is 1. The Labute approximate surface area is 148 Å². The number of anilines is 1. The lowest BCUT2D eigenvalue weighted by molar-refractivity contribution is -0.128. The first-order chi connectivity index (χ1) is 12.0. The van der Waals surface area contributed by atoms with E-state index in [2.05, 4.69) is 20.6 Å². The van der Waals surface area contributed by atoms with E-state index in [1.165, 1.54) is 6.07 Å². The number of hydrogen-bond donors (Lipinski definition) is 2. The number of guanidine groups is 1. The van der Waals surface area contributed by atoms with Gasteiger partial charge in [-0.15, -0.1) is 0 Å². The first-order valence-corrected chi connectivity index (χ1v) is 8.61. The summed E-state index contributed by atoms with van der Waals surface area (Å²) in [5, 5.41) is 6.55. The molecule has 2 N–H and O–H groups in total. The van der Waals surface area contributed by atoms with E-state index in [4.69, 9.17) is 0 Å². The minimum absolute atomic E-state index is 0.0530. The van der Waals surface area contributed by atoms with Crippen LogP contribution in [0.4, 0.5) is 10.2 Å². The van der Waals surface area contributed by atoms with Gasteiger partial charge in [0.1, 0.15) is 0 Å². The Hall–Kier alpha value is -2.38. The van der Waals surface area contributed by atoms with Crippen LogP contribution >= 0.6 is 0 Å². The monoisotopic (exact) mass is 350 g/mol. The third-order valence-electron chi connectivity index (χ3n) is 4.01. The van der Waals surface area contributed by atoms with Crippen LogP contribution in [0, 0.1) is 5.82 Å². The highest BCUT2D eigenvalue weighted by Crippen LogP contribution is 2.20. The summed E-state index contributed by atoms with van der Waals surface area (Å²) < 4.78 is 13.9. The molecule has 1 amide bonds. The molecule has 1 unspecified atom stereocenters. The molecular weight excluding hydrogens is 323 g/mol. The third-order valence-corrected chi connectivity index (χ3v) is 4.01. The highest BCUT2D eigenvalue weighted by molar-refractivity contribution is 5.81. The van der Waals surface area contributed by atoms with Gasteiger partial charge in [0, 0.05) is 52.4 Å². The quantitative estimate of drug-likeness (QED) is 0.587. The topological polar surface area (TPSA) is 72.9 Å². The molecule has 2 rings (SSSR count). The van der Waals surface area contributed by atoms with Gasteiger partial charge in [0.05, 0.1) is 6.54 Å². The van der Waals surface area contributed by atoms with Crippen molar-refractivity contribution < 1.29 is 9.18 Å². The SMILES string of the molecule is CCNC(=NCCC(=O)N(C)C)NC1CCN(c2ncccc2F)C1. The fourth-order valence-electron chi connectivity index (χ4n) is 2.68. The van der Waals surface area contributed by atoms with E-state index in [0.717, 1.165) is 19.5 Å². The molecule has 1 saturated heterocycles. The number of carbonyl (C=O) groups is 1. The maximum atomic E-state index is 13.9. The number of halogens is 1. The Kier molecular flexibility index (Phi) is 6.97. The Morgan fingerprint density at radius 1 is 1.52 bits per heavy atom. The zero-order valence-corrected chi connectivity index (χ0v) is 15.1. The van der Waals surface area contributed by atoms with Crippen molar-refractivity contribution in [3.05, 3.63) is 24.1 Å². The number of nitrogens with zero attached hydrogens (tertiary/aromatic N) is 4. The predicted octanol–water partition coefficient (Wildman–Crippen LogP) is 0.833. The molecule has 0 bridgehead atoms. The number of carbonyl (C=O) groups excluding carboxylic acids is 1. The van der Waals surface area contributed by atoms with Gasteiger partial charge in [-0.1, -0.05) is 0 Å². The molecule has 0 aliphatic carbocycles. The molecule has 8 heteroatoms. The molecule has 25 heavy (non-hydrogen) atoms. The minimum Gasteiger partial charge on any atom is -0.357 e. The Bertz CT molecular complexity index is 607. The molecule has 1 aliphatic rings. The van der Waals surface area contributed by atoms with Crippen molar-refractivity contribution in [3.63, 3.8) is 0 Å². The number of nitrogens with one attached hydrogen (secondary N) is 2. The summed E-state index contributed by atoms with van der Waals surface area (Å²) in [5.41, 5.74) is 0. The number of rotatable bonds is 6. The van der Waals surface area contributed by atoms with Crippen LogP contribution in [-0.2, 0) is 4.79 Å². The second kappa shape index (κ2) is 9.19. The van der Waals surface area contributed by atoms with Crippen LogP contribution < -0.4 is 15.5 Å². The van der Waals surface area contributed by atoms with Crippen LogP contribution in [0.25, 0.3) is 0 Å². The molecular formula is C17H27FN6O. The van der Waals surface area contributed by atoms with E-state index in [0.29, 0.717) is 31.3 Å². The lowest BCUT2D eigenvalue weighted by Crippen LogP contribution is -2.44. The van der Waals surface area contributed by atoms with Gasteiger partial charge in [-0.3, -0.25) is 9.79 Å². The smallest absolute Gasteiger partial charge is 0.223 e. The molecule has 2 heterocycles. The lowest BCUT2D eigenvalue weighted by atomic mass is 10.3. The molecule has 1 atom stereocenters. The highest BCUT2D eigenvalue weighted by Gasteiger charge is 2.25. The lowest BCUT2D eigenvalue weighted by Gasteiger charge is -2.20. The van der Waals surface area contributed by atoms with Crippen molar-refractivity contribution in [3.8, 4) is 0 Å². The number of amides is 1. The fourth-order valence-corrected chi connectivity index (χ4v) is 2.68. The summed E-state index contributed by atoms with van der Waals surface area (Å²) in [7, 11) is 3.47. The molecule has 1 aromatic rings. The van der Waals surface area contributed by atoms with Gasteiger partial charge < -0.3 is 20.4 Å². The highest BCUT2D eigenvalue weighted by atomic mass is 19.1. The zero-order chi connectivity index (χ0) is 18.2. The van der Waals surface area contributed by atoms with E-state index in [9.17, 15) is 9.18 Å². The van der Waals surface area contributed by atoms with Gasteiger partial charge in [-0.05, 0) is 25.5 Å². The summed E-state index contributed by atoms with van der Waals surface area (Å²) in [6, 6.07) is 3.18. The summed E-state index contributed by atoms with van der Waals surface area (Å²) >= 11 is 0. The van der Waals surface area contributed by atoms with E-state index in [-0.39, 0.29) is 17.8 Å². The van der Waals surface area contributed by atoms with Gasteiger partial charge in [0.15, 0.2) is 17.6 Å². The second-order valence-corrected chi connectivity index (χ2v) is 6.18. The predicted molar refractivity (Wildman–Crippen MR) is 97.2 cm³/mol. The zero-order valence-electron chi connectivity index (χ0n) is 15.1. The minimum atomic E-state index is -0.300. The normalized spacial score (nSPS) is 17.5. The Morgan fingerprint density at radius 2 is 2.32 bits per heavy atom. The molecule has 1 aliphatic heterocycles. The van der Waals surface area contributed by atoms with Crippen LogP contribution in [0.5, 0.6) is 0 Å². The van der Waals surface area contributed by atoms with Crippen molar-refractivity contribution in [2.45, 2.75) is 25.8 Å². The molecule has 0 radical (unpaired) electrons. The van der Waals surface area contributed by atoms with Crippen LogP contribution in [0.3, 0.4) is 0 Å². The number of aromatic nitrogens is 1. The summed E-state index contributed by atoms with van der Waals surface area (Å²) in [6.07, 6.45) is 2.85. The molecule has 0 saturated carbocycles. The van der Waals surface area contributed by atoms with E-state index in [1.54, 1.807) is 31.3 Å². The standard InChI is InChI=1S/C17H27FN6O/c1-4-19-17(21-10-7-15(25)23(2)3)22-13-8-11-24(12-13)16-14(18)6-5-9-20-16/h5-6,9,13H,4,7-8,10-12H2,1-3H3,(H2,19,21,22). The van der Waals surface area contributed by atoms with E-state index in [1.807, 2.05) is 11.8 Å². The molecule has 1 aromatic heterocycles. The molecule has 0 aromatic carbocycles. The number of hydrogen-bond acceptors (Lipinski definition) is 4. The summed E-state index contributed by atoms with van der Waals surface area (Å²) in [6.45, 7) is 4.56. The average molecular weight is 350 g/mol. The van der Waals surface area contributed by atoms with Crippen LogP contribution in [-0.4, -0.2) is 68.1 Å². The van der Waals surface area contributed by atoms with Gasteiger partial charge in [0.25, 0.3) is 0 Å². The maximum absolute atomic E-state index is 13.9. The van der Waals surface area contributed by atoms with Crippen molar-refractivity contribution in [1.82, 2.24) is 20.5 Å². The second-order valence-electron chi connectivity index (χ2n) is 6.18. The van der Waals surface area contributed by atoms with Gasteiger partial charge in [-0.2, -0.15) is 0 Å². The van der Waals surface area contributed by atoms with Gasteiger partial charge in [-0.25, -0.2) is 9.37 Å². The Morgan fingerprint density at radius 3 is 3.00 bits per heavy atom. The summed E-state index contributed by atoms with van der Waals surface area (Å²) in [4.78, 5) is 23.7. The Balaban J connectivity index is 1.90. The van der Waals surface area contributed by atoms with E-state index < -0.39 is 0 Å². The van der Waals surface area contributed by atoms with Crippen molar-refractivity contribution in [2.24, 2.45) is 4.99 Å². The molecule has 7 nitrogen and oxygen atoms in total. The molecule has 1 fully saturated rings. The molecule has 138 valence electrons. The number of pyridine rings is 1. The van der Waals surface area contributed by atoms with Gasteiger partial charge in [0.2, 0.25) is 5.91 Å². The van der Waals surface area contributed by atoms with Crippen LogP contribution in [0.2, 0.25) is 0 Å². The summed E-state index contributed by atoms with van der Waals surface area (Å²) in [5.74, 6) is 0.830. The van der Waals surface area contributed by atoms with Crippen LogP contribution in [0.1, 0.15) is 19.8 Å². The largest absolute Gasteiger partial charge is 0.357 e. The fraction of sp³-hybridized carbons (Fsp3) is 0.588. The van der Waals surface area contributed by atoms with Crippen LogP contribution in [0.15, 0.2) is 23.3 Å². The van der Waals surface area contributed by atoms with Crippen molar-refractivity contribution in [2.75, 3.05) is 45.2 Å². The van der Waals surface area contributed by atoms with Crippen molar-refractivity contribution >= 4 is 17.7 Å². The third kappa shape index (κ3) is 5.58. The van der Waals surface area contributed by atoms with Gasteiger partial charge >= 0.3 is 0 Å². The first-order valence-electron chi connectivity index (χ1n) is 8.61. The maximum Gasteiger partial charge on any atom is 0.223 e. The first kappa shape index (κ1) is 19.0. The molecule has 0 spiro atoms. The van der Waals surface area contributed by atoms with Crippen molar-refractivity contribution in [1.29, 1.82) is 0 Å². The van der Waals surface area contributed by atoms with E-state index >= 15 is 0 Å². The average Bonchev–Trinajstić information content (AvgIpc) is 3.03.